The van der Waals surface area contributed by atoms with Gasteiger partial charge in [-0.05, 0) is 53.2 Å². The van der Waals surface area contributed by atoms with Crippen LogP contribution in [0.5, 0.6) is 5.75 Å². The van der Waals surface area contributed by atoms with Crippen LogP contribution in [0.2, 0.25) is 0 Å². The summed E-state index contributed by atoms with van der Waals surface area (Å²) in [5, 5.41) is 10.2. The molecule has 4 rings (SSSR count). The number of carbonyl (C=O) groups is 1. The highest BCUT2D eigenvalue weighted by atomic mass is 79.9. The number of aromatic nitrogens is 3. The van der Waals surface area contributed by atoms with E-state index in [-0.39, 0.29) is 5.91 Å². The first-order valence-corrected chi connectivity index (χ1v) is 10.5. The molecule has 0 saturated carbocycles. The molecule has 2 aromatic heterocycles. The highest BCUT2D eigenvalue weighted by molar-refractivity contribution is 9.10. The highest BCUT2D eigenvalue weighted by Crippen LogP contribution is 2.23. The largest absolute Gasteiger partial charge is 0.487 e. The topological polar surface area (TPSA) is 69.0 Å². The SMILES string of the molecule is Cc1nc(COc2cccc(C(=O)Nc3ccccc3-n3cc(Br)cn3)c2)cs1. The van der Waals surface area contributed by atoms with Gasteiger partial charge < -0.3 is 10.1 Å². The molecule has 4 aromatic rings. The summed E-state index contributed by atoms with van der Waals surface area (Å²) in [4.78, 5) is 17.2. The number of carbonyl (C=O) groups excluding carboxylic acids is 1. The molecule has 0 spiro atoms. The van der Waals surface area contributed by atoms with Crippen molar-refractivity contribution in [3.63, 3.8) is 0 Å². The van der Waals surface area contributed by atoms with Crippen molar-refractivity contribution in [3.05, 3.63) is 87.0 Å². The molecular weight excluding hydrogens is 452 g/mol. The van der Waals surface area contributed by atoms with Crippen molar-refractivity contribution >= 4 is 38.9 Å². The summed E-state index contributed by atoms with van der Waals surface area (Å²) in [6, 6.07) is 14.6. The molecule has 0 aliphatic carbocycles. The Hall–Kier alpha value is -2.97. The first-order chi connectivity index (χ1) is 14.1. The van der Waals surface area contributed by atoms with Gasteiger partial charge in [-0.25, -0.2) is 9.67 Å². The number of amides is 1. The number of benzene rings is 2. The minimum absolute atomic E-state index is 0.223. The van der Waals surface area contributed by atoms with Crippen LogP contribution in [0.3, 0.4) is 0 Å². The molecule has 0 bridgehead atoms. The number of hydrogen-bond donors (Lipinski definition) is 1. The minimum atomic E-state index is -0.223. The standard InChI is InChI=1S/C21H17BrN4O2S/c1-14-24-17(13-29-14)12-28-18-6-4-5-15(9-18)21(27)25-19-7-2-3-8-20(19)26-11-16(22)10-23-26/h2-11,13H,12H2,1H3,(H,25,27). The van der Waals surface area contributed by atoms with E-state index in [2.05, 4.69) is 31.3 Å². The number of aryl methyl sites for hydroxylation is 1. The van der Waals surface area contributed by atoms with Crippen LogP contribution in [0.15, 0.2) is 70.8 Å². The van der Waals surface area contributed by atoms with E-state index in [0.717, 1.165) is 20.9 Å². The molecule has 6 nitrogen and oxygen atoms in total. The van der Waals surface area contributed by atoms with E-state index in [9.17, 15) is 4.79 Å². The summed E-state index contributed by atoms with van der Waals surface area (Å²) in [7, 11) is 0. The predicted molar refractivity (Wildman–Crippen MR) is 117 cm³/mol. The van der Waals surface area contributed by atoms with Crippen molar-refractivity contribution in [1.29, 1.82) is 0 Å². The van der Waals surface area contributed by atoms with Crippen LogP contribution >= 0.6 is 27.3 Å². The lowest BCUT2D eigenvalue weighted by molar-refractivity contribution is 0.102. The lowest BCUT2D eigenvalue weighted by Crippen LogP contribution is -2.14. The minimum Gasteiger partial charge on any atom is -0.487 e. The summed E-state index contributed by atoms with van der Waals surface area (Å²) in [6.07, 6.45) is 3.53. The van der Waals surface area contributed by atoms with E-state index >= 15 is 0 Å². The normalized spacial score (nSPS) is 10.7. The van der Waals surface area contributed by atoms with Gasteiger partial charge in [0.1, 0.15) is 12.4 Å². The van der Waals surface area contributed by atoms with Crippen LogP contribution in [0, 0.1) is 6.92 Å². The average Bonchev–Trinajstić information content (AvgIpc) is 3.35. The highest BCUT2D eigenvalue weighted by Gasteiger charge is 2.12. The molecule has 0 aliphatic rings. The molecule has 0 aliphatic heterocycles. The Balaban J connectivity index is 1.49. The number of hydrogen-bond acceptors (Lipinski definition) is 5. The van der Waals surface area contributed by atoms with Gasteiger partial charge in [0.25, 0.3) is 5.91 Å². The van der Waals surface area contributed by atoms with Crippen LogP contribution in [-0.2, 0) is 6.61 Å². The molecule has 2 aromatic carbocycles. The van der Waals surface area contributed by atoms with Gasteiger partial charge >= 0.3 is 0 Å². The van der Waals surface area contributed by atoms with Crippen molar-refractivity contribution in [3.8, 4) is 11.4 Å². The Morgan fingerprint density at radius 3 is 2.86 bits per heavy atom. The van der Waals surface area contributed by atoms with Crippen molar-refractivity contribution in [1.82, 2.24) is 14.8 Å². The summed E-state index contributed by atoms with van der Waals surface area (Å²) >= 11 is 4.98. The van der Waals surface area contributed by atoms with Gasteiger partial charge in [0, 0.05) is 17.1 Å². The number of anilines is 1. The van der Waals surface area contributed by atoms with E-state index in [1.807, 2.05) is 48.8 Å². The van der Waals surface area contributed by atoms with E-state index < -0.39 is 0 Å². The fraction of sp³-hybridized carbons (Fsp3) is 0.0952. The number of para-hydroxylation sites is 2. The lowest BCUT2D eigenvalue weighted by atomic mass is 10.2. The van der Waals surface area contributed by atoms with Gasteiger partial charge in [0.15, 0.2) is 0 Å². The second-order valence-corrected chi connectivity index (χ2v) is 8.23. The molecule has 0 fully saturated rings. The Bertz CT molecular complexity index is 1150. The van der Waals surface area contributed by atoms with Gasteiger partial charge in [0.05, 0.1) is 32.7 Å². The number of nitrogens with zero attached hydrogens (tertiary/aromatic N) is 3. The van der Waals surface area contributed by atoms with Crippen LogP contribution in [0.25, 0.3) is 5.69 Å². The number of nitrogens with one attached hydrogen (secondary N) is 1. The second-order valence-electron chi connectivity index (χ2n) is 6.25. The number of ether oxygens (including phenoxy) is 1. The molecule has 2 heterocycles. The molecule has 146 valence electrons. The Labute approximate surface area is 180 Å². The maximum Gasteiger partial charge on any atom is 0.255 e. The van der Waals surface area contributed by atoms with Gasteiger partial charge in [-0.3, -0.25) is 4.79 Å². The van der Waals surface area contributed by atoms with Crippen LogP contribution in [0.1, 0.15) is 21.1 Å². The predicted octanol–water partition coefficient (Wildman–Crippen LogP) is 5.23. The van der Waals surface area contributed by atoms with Gasteiger partial charge in [-0.1, -0.05) is 18.2 Å². The Morgan fingerprint density at radius 1 is 1.24 bits per heavy atom. The smallest absolute Gasteiger partial charge is 0.255 e. The molecule has 8 heteroatoms. The second kappa shape index (κ2) is 8.59. The van der Waals surface area contributed by atoms with E-state index in [4.69, 9.17) is 4.74 Å². The fourth-order valence-electron chi connectivity index (χ4n) is 2.77. The molecular formula is C21H17BrN4O2S. The third-order valence-corrected chi connectivity index (χ3v) is 5.33. The molecule has 29 heavy (non-hydrogen) atoms. The average molecular weight is 469 g/mol. The number of thiazole rings is 1. The summed E-state index contributed by atoms with van der Waals surface area (Å²) in [5.74, 6) is 0.395. The maximum atomic E-state index is 12.8. The molecule has 0 radical (unpaired) electrons. The summed E-state index contributed by atoms with van der Waals surface area (Å²) in [5.41, 5.74) is 2.82. The lowest BCUT2D eigenvalue weighted by Gasteiger charge is -2.12. The van der Waals surface area contributed by atoms with Gasteiger partial charge in [-0.15, -0.1) is 11.3 Å². The van der Waals surface area contributed by atoms with Crippen molar-refractivity contribution in [2.75, 3.05) is 5.32 Å². The van der Waals surface area contributed by atoms with Crippen molar-refractivity contribution < 1.29 is 9.53 Å². The summed E-state index contributed by atoms with van der Waals surface area (Å²) < 4.78 is 8.35. The zero-order valence-electron chi connectivity index (χ0n) is 15.5. The van der Waals surface area contributed by atoms with E-state index in [1.165, 1.54) is 0 Å². The van der Waals surface area contributed by atoms with Crippen molar-refractivity contribution in [2.45, 2.75) is 13.5 Å². The third kappa shape index (κ3) is 4.72. The maximum absolute atomic E-state index is 12.8. The number of halogens is 1. The zero-order valence-corrected chi connectivity index (χ0v) is 17.9. The zero-order chi connectivity index (χ0) is 20.2. The van der Waals surface area contributed by atoms with Gasteiger partial charge in [-0.2, -0.15) is 5.10 Å². The van der Waals surface area contributed by atoms with Crippen molar-refractivity contribution in [2.24, 2.45) is 0 Å². The summed E-state index contributed by atoms with van der Waals surface area (Å²) in [6.45, 7) is 2.32. The monoisotopic (exact) mass is 468 g/mol. The van der Waals surface area contributed by atoms with Crippen LogP contribution < -0.4 is 10.1 Å². The van der Waals surface area contributed by atoms with Crippen LogP contribution in [-0.4, -0.2) is 20.7 Å². The Kier molecular flexibility index (Phi) is 5.73. The molecule has 1 amide bonds. The Morgan fingerprint density at radius 2 is 2.10 bits per heavy atom. The van der Waals surface area contributed by atoms with Gasteiger partial charge in [0.2, 0.25) is 0 Å². The molecule has 0 saturated heterocycles. The number of rotatable bonds is 6. The van der Waals surface area contributed by atoms with E-state index in [0.29, 0.717) is 23.6 Å². The molecule has 0 unspecified atom stereocenters. The first-order valence-electron chi connectivity index (χ1n) is 8.83. The molecule has 0 atom stereocenters. The quantitative estimate of drug-likeness (QED) is 0.420. The fourth-order valence-corrected chi connectivity index (χ4v) is 3.65. The molecule has 1 N–H and O–H groups in total. The first kappa shape index (κ1) is 19.4. The van der Waals surface area contributed by atoms with Crippen LogP contribution in [0.4, 0.5) is 5.69 Å². The third-order valence-electron chi connectivity index (χ3n) is 4.10. The van der Waals surface area contributed by atoms with E-state index in [1.54, 1.807) is 40.4 Å².